The molecule has 0 bridgehead atoms. The van der Waals surface area contributed by atoms with Gasteiger partial charge in [0.05, 0.1) is 6.10 Å². The molecular weight excluding hydrogens is 168 g/mol. The largest absolute Gasteiger partial charge is 0.393 e. The van der Waals surface area contributed by atoms with Crippen LogP contribution in [0, 0.1) is 6.92 Å². The van der Waals surface area contributed by atoms with Crippen LogP contribution in [0.2, 0.25) is 0 Å². The zero-order chi connectivity index (χ0) is 9.14. The summed E-state index contributed by atoms with van der Waals surface area (Å²) in [6.45, 7) is 6.12. The van der Waals surface area contributed by atoms with Gasteiger partial charge >= 0.3 is 0 Å². The van der Waals surface area contributed by atoms with Crippen LogP contribution in [-0.4, -0.2) is 11.2 Å². The lowest BCUT2D eigenvalue weighted by Crippen LogP contribution is -2.04. The molecule has 0 fully saturated rings. The number of aliphatic hydroxyl groups excluding tert-OH is 1. The predicted molar refractivity (Wildman–Crippen MR) is 53.8 cm³/mol. The molecule has 0 spiro atoms. The van der Waals surface area contributed by atoms with Crippen molar-refractivity contribution < 1.29 is 5.11 Å². The minimum Gasteiger partial charge on any atom is -0.393 e. The molecule has 2 unspecified atom stereocenters. The molecule has 0 aromatic carbocycles. The first kappa shape index (κ1) is 9.75. The second kappa shape index (κ2) is 4.06. The lowest BCUT2D eigenvalue weighted by atomic mass is 10.0. The third-order valence-corrected chi connectivity index (χ3v) is 3.17. The molecule has 1 nitrogen and oxygen atoms in total. The standard InChI is InChI=1S/C10H16OS/c1-7(6-8(2)11)10-5-4-9(3)12-10/h4-5,7-8,11H,6H2,1-3H3. The lowest BCUT2D eigenvalue weighted by molar-refractivity contribution is 0.177. The van der Waals surface area contributed by atoms with E-state index >= 15 is 0 Å². The fraction of sp³-hybridized carbons (Fsp3) is 0.600. The topological polar surface area (TPSA) is 20.2 Å². The van der Waals surface area contributed by atoms with Crippen molar-refractivity contribution in [2.75, 3.05) is 0 Å². The molecule has 1 rings (SSSR count). The van der Waals surface area contributed by atoms with Crippen molar-refractivity contribution in [2.24, 2.45) is 0 Å². The van der Waals surface area contributed by atoms with Crippen LogP contribution >= 0.6 is 11.3 Å². The fourth-order valence-corrected chi connectivity index (χ4v) is 2.29. The molecule has 0 saturated heterocycles. The van der Waals surface area contributed by atoms with E-state index in [1.807, 2.05) is 18.3 Å². The Morgan fingerprint density at radius 3 is 2.50 bits per heavy atom. The molecule has 12 heavy (non-hydrogen) atoms. The minimum atomic E-state index is -0.192. The number of aryl methyl sites for hydroxylation is 1. The number of aliphatic hydroxyl groups is 1. The SMILES string of the molecule is Cc1ccc(C(C)CC(C)O)s1. The van der Waals surface area contributed by atoms with E-state index in [-0.39, 0.29) is 6.10 Å². The van der Waals surface area contributed by atoms with Crippen LogP contribution < -0.4 is 0 Å². The molecule has 0 saturated carbocycles. The van der Waals surface area contributed by atoms with Gasteiger partial charge in [-0.05, 0) is 38.3 Å². The van der Waals surface area contributed by atoms with Crippen LogP contribution in [-0.2, 0) is 0 Å². The van der Waals surface area contributed by atoms with Crippen molar-refractivity contribution in [3.05, 3.63) is 21.9 Å². The van der Waals surface area contributed by atoms with Gasteiger partial charge in [0.25, 0.3) is 0 Å². The third kappa shape index (κ3) is 2.61. The highest BCUT2D eigenvalue weighted by Gasteiger charge is 2.09. The van der Waals surface area contributed by atoms with Gasteiger partial charge in [-0.25, -0.2) is 0 Å². The van der Waals surface area contributed by atoms with Crippen LogP contribution in [0.25, 0.3) is 0 Å². The molecular formula is C10H16OS. The van der Waals surface area contributed by atoms with Crippen molar-refractivity contribution in [3.63, 3.8) is 0 Å². The highest BCUT2D eigenvalue weighted by molar-refractivity contribution is 7.12. The normalized spacial score (nSPS) is 16.0. The van der Waals surface area contributed by atoms with E-state index in [4.69, 9.17) is 0 Å². The first-order valence-electron chi connectivity index (χ1n) is 4.34. The summed E-state index contributed by atoms with van der Waals surface area (Å²) >= 11 is 1.83. The average Bonchev–Trinajstić information content (AvgIpc) is 2.34. The Morgan fingerprint density at radius 1 is 1.42 bits per heavy atom. The first-order chi connectivity index (χ1) is 5.59. The van der Waals surface area contributed by atoms with E-state index in [2.05, 4.69) is 26.0 Å². The Kier molecular flexibility index (Phi) is 3.29. The highest BCUT2D eigenvalue weighted by atomic mass is 32.1. The fourth-order valence-electron chi connectivity index (χ4n) is 1.35. The second-order valence-electron chi connectivity index (χ2n) is 3.43. The molecule has 1 aromatic rings. The van der Waals surface area contributed by atoms with Crippen LogP contribution in [0.3, 0.4) is 0 Å². The molecule has 1 heterocycles. The summed E-state index contributed by atoms with van der Waals surface area (Å²) in [6, 6.07) is 4.30. The Hall–Kier alpha value is -0.340. The van der Waals surface area contributed by atoms with Crippen molar-refractivity contribution in [1.82, 2.24) is 0 Å². The maximum atomic E-state index is 9.20. The van der Waals surface area contributed by atoms with Gasteiger partial charge in [0.2, 0.25) is 0 Å². The quantitative estimate of drug-likeness (QED) is 0.765. The molecule has 2 atom stereocenters. The van der Waals surface area contributed by atoms with E-state index in [0.29, 0.717) is 5.92 Å². The summed E-state index contributed by atoms with van der Waals surface area (Å²) in [5.74, 6) is 0.490. The van der Waals surface area contributed by atoms with Crippen LogP contribution in [0.4, 0.5) is 0 Å². The van der Waals surface area contributed by atoms with Gasteiger partial charge in [-0.3, -0.25) is 0 Å². The molecule has 1 N–H and O–H groups in total. The van der Waals surface area contributed by atoms with E-state index in [0.717, 1.165) is 6.42 Å². The van der Waals surface area contributed by atoms with Gasteiger partial charge in [-0.1, -0.05) is 6.92 Å². The van der Waals surface area contributed by atoms with Crippen LogP contribution in [0.15, 0.2) is 12.1 Å². The van der Waals surface area contributed by atoms with E-state index < -0.39 is 0 Å². The van der Waals surface area contributed by atoms with Crippen LogP contribution in [0.1, 0.15) is 35.9 Å². The van der Waals surface area contributed by atoms with Gasteiger partial charge in [0, 0.05) is 9.75 Å². The van der Waals surface area contributed by atoms with Crippen molar-refractivity contribution in [2.45, 2.75) is 39.2 Å². The smallest absolute Gasteiger partial charge is 0.0518 e. The van der Waals surface area contributed by atoms with Crippen LogP contribution in [0.5, 0.6) is 0 Å². The maximum Gasteiger partial charge on any atom is 0.0518 e. The summed E-state index contributed by atoms with van der Waals surface area (Å²) in [7, 11) is 0. The van der Waals surface area contributed by atoms with Crippen molar-refractivity contribution in [3.8, 4) is 0 Å². The highest BCUT2D eigenvalue weighted by Crippen LogP contribution is 2.27. The summed E-state index contributed by atoms with van der Waals surface area (Å²) in [5.41, 5.74) is 0. The Bertz CT molecular complexity index is 240. The molecule has 0 radical (unpaired) electrons. The van der Waals surface area contributed by atoms with Gasteiger partial charge in [0.15, 0.2) is 0 Å². The Labute approximate surface area is 78.1 Å². The summed E-state index contributed by atoms with van der Waals surface area (Å²) in [4.78, 5) is 2.73. The third-order valence-electron chi connectivity index (χ3n) is 1.94. The lowest BCUT2D eigenvalue weighted by Gasteiger charge is -2.10. The Morgan fingerprint density at radius 2 is 2.08 bits per heavy atom. The van der Waals surface area contributed by atoms with Crippen molar-refractivity contribution in [1.29, 1.82) is 0 Å². The molecule has 0 aliphatic heterocycles. The van der Waals surface area contributed by atoms with Gasteiger partial charge in [0.1, 0.15) is 0 Å². The number of thiophene rings is 1. The predicted octanol–water partition coefficient (Wildman–Crippen LogP) is 2.93. The zero-order valence-electron chi connectivity index (χ0n) is 7.87. The molecule has 1 aromatic heterocycles. The second-order valence-corrected chi connectivity index (χ2v) is 4.75. The zero-order valence-corrected chi connectivity index (χ0v) is 8.69. The summed E-state index contributed by atoms with van der Waals surface area (Å²) in [6.07, 6.45) is 0.669. The molecule has 0 aliphatic carbocycles. The summed E-state index contributed by atoms with van der Waals surface area (Å²) < 4.78 is 0. The average molecular weight is 184 g/mol. The number of rotatable bonds is 3. The van der Waals surface area contributed by atoms with E-state index in [9.17, 15) is 5.11 Å². The molecule has 0 aliphatic rings. The van der Waals surface area contributed by atoms with Gasteiger partial charge < -0.3 is 5.11 Å². The monoisotopic (exact) mass is 184 g/mol. The summed E-state index contributed by atoms with van der Waals surface area (Å²) in [5, 5.41) is 9.20. The Balaban J connectivity index is 2.58. The molecule has 0 amide bonds. The maximum absolute atomic E-state index is 9.20. The first-order valence-corrected chi connectivity index (χ1v) is 5.15. The van der Waals surface area contributed by atoms with Crippen molar-refractivity contribution >= 4 is 11.3 Å². The molecule has 2 heteroatoms. The number of hydrogen-bond donors (Lipinski definition) is 1. The van der Waals surface area contributed by atoms with E-state index in [1.54, 1.807) is 0 Å². The number of hydrogen-bond acceptors (Lipinski definition) is 2. The van der Waals surface area contributed by atoms with Gasteiger partial charge in [-0.15, -0.1) is 11.3 Å². The minimum absolute atomic E-state index is 0.192. The van der Waals surface area contributed by atoms with Gasteiger partial charge in [-0.2, -0.15) is 0 Å². The van der Waals surface area contributed by atoms with E-state index in [1.165, 1.54) is 9.75 Å². The molecule has 68 valence electrons.